The zero-order valence-corrected chi connectivity index (χ0v) is 12.6. The largest absolute Gasteiger partial charge is 0.411 e. The standard InChI is InChI=1S/C17H16N2OS/c1-13-7-9-15(10-8-13)16-18-19-17(20-16)21-12-11-14-5-3-2-4-6-14/h2-10H,11-12H2,1H3. The van der Waals surface area contributed by atoms with E-state index in [9.17, 15) is 0 Å². The predicted molar refractivity (Wildman–Crippen MR) is 85.3 cm³/mol. The molecule has 3 rings (SSSR count). The first kappa shape index (κ1) is 13.9. The van der Waals surface area contributed by atoms with E-state index in [0.717, 1.165) is 17.7 Å². The first-order chi connectivity index (χ1) is 10.3. The third kappa shape index (κ3) is 3.73. The van der Waals surface area contributed by atoms with E-state index < -0.39 is 0 Å². The van der Waals surface area contributed by atoms with E-state index in [1.807, 2.05) is 30.3 Å². The summed E-state index contributed by atoms with van der Waals surface area (Å²) in [6, 6.07) is 18.5. The summed E-state index contributed by atoms with van der Waals surface area (Å²) in [7, 11) is 0. The minimum absolute atomic E-state index is 0.581. The second-order valence-electron chi connectivity index (χ2n) is 4.82. The number of aryl methyl sites for hydroxylation is 2. The third-order valence-electron chi connectivity index (χ3n) is 3.16. The topological polar surface area (TPSA) is 38.9 Å². The van der Waals surface area contributed by atoms with Gasteiger partial charge in [-0.25, -0.2) is 0 Å². The lowest BCUT2D eigenvalue weighted by Crippen LogP contribution is -1.87. The number of hydrogen-bond donors (Lipinski definition) is 0. The molecule has 0 aliphatic heterocycles. The molecule has 0 saturated heterocycles. The van der Waals surface area contributed by atoms with Gasteiger partial charge < -0.3 is 4.42 Å². The molecule has 0 fully saturated rings. The molecule has 0 aliphatic rings. The average Bonchev–Trinajstić information content (AvgIpc) is 2.98. The Labute approximate surface area is 128 Å². The Morgan fingerprint density at radius 1 is 0.952 bits per heavy atom. The molecule has 1 heterocycles. The molecule has 0 unspecified atom stereocenters. The molecule has 0 bridgehead atoms. The fraction of sp³-hybridized carbons (Fsp3) is 0.176. The van der Waals surface area contributed by atoms with Crippen molar-refractivity contribution in [1.29, 1.82) is 0 Å². The molecule has 21 heavy (non-hydrogen) atoms. The Balaban J connectivity index is 1.59. The van der Waals surface area contributed by atoms with Crippen LogP contribution in [0, 0.1) is 6.92 Å². The minimum Gasteiger partial charge on any atom is -0.411 e. The van der Waals surface area contributed by atoms with Crippen LogP contribution in [0.25, 0.3) is 11.5 Å². The summed E-state index contributed by atoms with van der Waals surface area (Å²) in [6.07, 6.45) is 0.994. The lowest BCUT2D eigenvalue weighted by Gasteiger charge is -1.98. The van der Waals surface area contributed by atoms with E-state index in [-0.39, 0.29) is 0 Å². The second kappa shape index (κ2) is 6.59. The summed E-state index contributed by atoms with van der Waals surface area (Å²) in [5, 5.41) is 8.82. The smallest absolute Gasteiger partial charge is 0.276 e. The van der Waals surface area contributed by atoms with E-state index in [2.05, 4.69) is 41.4 Å². The Kier molecular flexibility index (Phi) is 4.36. The van der Waals surface area contributed by atoms with Gasteiger partial charge in [0.1, 0.15) is 0 Å². The minimum atomic E-state index is 0.581. The molecule has 2 aromatic carbocycles. The molecule has 0 spiro atoms. The Hall–Kier alpha value is -2.07. The highest BCUT2D eigenvalue weighted by atomic mass is 32.2. The van der Waals surface area contributed by atoms with Crippen molar-refractivity contribution >= 4 is 11.8 Å². The summed E-state index contributed by atoms with van der Waals surface area (Å²) < 4.78 is 5.69. The van der Waals surface area contributed by atoms with Crippen LogP contribution >= 0.6 is 11.8 Å². The van der Waals surface area contributed by atoms with Crippen molar-refractivity contribution in [2.24, 2.45) is 0 Å². The molecule has 0 saturated carbocycles. The maximum absolute atomic E-state index is 5.69. The lowest BCUT2D eigenvalue weighted by atomic mass is 10.1. The van der Waals surface area contributed by atoms with Crippen LogP contribution < -0.4 is 0 Å². The SMILES string of the molecule is Cc1ccc(-c2nnc(SCCc3ccccc3)o2)cc1. The van der Waals surface area contributed by atoms with Gasteiger partial charge in [-0.3, -0.25) is 0 Å². The fourth-order valence-electron chi connectivity index (χ4n) is 1.98. The zero-order chi connectivity index (χ0) is 14.5. The molecule has 0 radical (unpaired) electrons. The van der Waals surface area contributed by atoms with Crippen molar-refractivity contribution in [3.05, 3.63) is 65.7 Å². The molecule has 0 N–H and O–H groups in total. The van der Waals surface area contributed by atoms with Gasteiger partial charge in [-0.1, -0.05) is 59.8 Å². The van der Waals surface area contributed by atoms with Crippen molar-refractivity contribution in [3.8, 4) is 11.5 Å². The Bertz CT molecular complexity index is 692. The summed E-state index contributed by atoms with van der Waals surface area (Å²) in [4.78, 5) is 0. The maximum atomic E-state index is 5.69. The molecule has 4 heteroatoms. The van der Waals surface area contributed by atoms with Crippen molar-refractivity contribution in [2.45, 2.75) is 18.6 Å². The highest BCUT2D eigenvalue weighted by Crippen LogP contribution is 2.23. The summed E-state index contributed by atoms with van der Waals surface area (Å²) in [6.45, 7) is 2.06. The predicted octanol–water partition coefficient (Wildman–Crippen LogP) is 4.38. The number of thioether (sulfide) groups is 1. The van der Waals surface area contributed by atoms with Gasteiger partial charge in [0.25, 0.3) is 5.22 Å². The molecule has 0 aliphatic carbocycles. The highest BCUT2D eigenvalue weighted by Gasteiger charge is 2.08. The van der Waals surface area contributed by atoms with Crippen molar-refractivity contribution in [2.75, 3.05) is 5.75 Å². The first-order valence-electron chi connectivity index (χ1n) is 6.88. The lowest BCUT2D eigenvalue weighted by molar-refractivity contribution is 0.466. The Morgan fingerprint density at radius 2 is 1.71 bits per heavy atom. The van der Waals surface area contributed by atoms with Gasteiger partial charge in [0.2, 0.25) is 5.89 Å². The molecule has 1 aromatic heterocycles. The number of aromatic nitrogens is 2. The first-order valence-corrected chi connectivity index (χ1v) is 7.87. The van der Waals surface area contributed by atoms with Gasteiger partial charge in [-0.2, -0.15) is 0 Å². The zero-order valence-electron chi connectivity index (χ0n) is 11.8. The highest BCUT2D eigenvalue weighted by molar-refractivity contribution is 7.99. The molecular formula is C17H16N2OS. The number of nitrogens with zero attached hydrogens (tertiary/aromatic N) is 2. The Morgan fingerprint density at radius 3 is 2.48 bits per heavy atom. The van der Waals surface area contributed by atoms with Gasteiger partial charge in [-0.05, 0) is 31.0 Å². The molecule has 3 nitrogen and oxygen atoms in total. The third-order valence-corrected chi connectivity index (χ3v) is 3.98. The van der Waals surface area contributed by atoms with Crippen LogP contribution in [0.4, 0.5) is 0 Å². The number of hydrogen-bond acceptors (Lipinski definition) is 4. The fourth-order valence-corrected chi connectivity index (χ4v) is 2.73. The quantitative estimate of drug-likeness (QED) is 0.655. The second-order valence-corrected chi connectivity index (χ2v) is 5.87. The normalized spacial score (nSPS) is 10.7. The van der Waals surface area contributed by atoms with Gasteiger partial charge >= 0.3 is 0 Å². The van der Waals surface area contributed by atoms with E-state index in [1.54, 1.807) is 11.8 Å². The summed E-state index contributed by atoms with van der Waals surface area (Å²) >= 11 is 1.59. The number of rotatable bonds is 5. The van der Waals surface area contributed by atoms with Crippen LogP contribution in [0.15, 0.2) is 64.2 Å². The van der Waals surface area contributed by atoms with Crippen LogP contribution in [-0.2, 0) is 6.42 Å². The van der Waals surface area contributed by atoms with Crippen LogP contribution in [0.1, 0.15) is 11.1 Å². The summed E-state index contributed by atoms with van der Waals surface area (Å²) in [5.74, 6) is 1.51. The van der Waals surface area contributed by atoms with Crippen LogP contribution in [0.2, 0.25) is 0 Å². The monoisotopic (exact) mass is 296 g/mol. The van der Waals surface area contributed by atoms with E-state index in [0.29, 0.717) is 11.1 Å². The van der Waals surface area contributed by atoms with Crippen LogP contribution in [-0.4, -0.2) is 16.0 Å². The average molecular weight is 296 g/mol. The van der Waals surface area contributed by atoms with Gasteiger partial charge in [0.05, 0.1) is 0 Å². The van der Waals surface area contributed by atoms with E-state index >= 15 is 0 Å². The van der Waals surface area contributed by atoms with Crippen molar-refractivity contribution < 1.29 is 4.42 Å². The molecule has 106 valence electrons. The molecule has 0 atom stereocenters. The van der Waals surface area contributed by atoms with Crippen LogP contribution in [0.5, 0.6) is 0 Å². The molecule has 0 amide bonds. The maximum Gasteiger partial charge on any atom is 0.276 e. The van der Waals surface area contributed by atoms with Gasteiger partial charge in [-0.15, -0.1) is 10.2 Å². The number of benzene rings is 2. The summed E-state index contributed by atoms with van der Waals surface area (Å²) in [5.41, 5.74) is 3.50. The van der Waals surface area contributed by atoms with Gasteiger partial charge in [0.15, 0.2) is 0 Å². The van der Waals surface area contributed by atoms with E-state index in [4.69, 9.17) is 4.42 Å². The van der Waals surface area contributed by atoms with Crippen molar-refractivity contribution in [3.63, 3.8) is 0 Å². The van der Waals surface area contributed by atoms with Crippen molar-refractivity contribution in [1.82, 2.24) is 10.2 Å². The molecular weight excluding hydrogens is 280 g/mol. The molecule has 3 aromatic rings. The van der Waals surface area contributed by atoms with E-state index in [1.165, 1.54) is 11.1 Å². The van der Waals surface area contributed by atoms with Gasteiger partial charge in [0, 0.05) is 11.3 Å². The van der Waals surface area contributed by atoms with Crippen LogP contribution in [0.3, 0.4) is 0 Å².